The van der Waals surface area contributed by atoms with E-state index < -0.39 is 0 Å². The summed E-state index contributed by atoms with van der Waals surface area (Å²) in [7, 11) is 0. The highest BCUT2D eigenvalue weighted by Gasteiger charge is 2.22. The van der Waals surface area contributed by atoms with E-state index >= 15 is 0 Å². The zero-order valence-electron chi connectivity index (χ0n) is 11.8. The second-order valence-corrected chi connectivity index (χ2v) is 5.19. The molecule has 2 aromatic rings. The summed E-state index contributed by atoms with van der Waals surface area (Å²) in [5.41, 5.74) is 3.61. The molecule has 1 N–H and O–H groups in total. The van der Waals surface area contributed by atoms with Crippen LogP contribution in [0.2, 0.25) is 0 Å². The highest BCUT2D eigenvalue weighted by atomic mass is 16.2. The number of benzene rings is 2. The van der Waals surface area contributed by atoms with Crippen molar-refractivity contribution < 1.29 is 9.59 Å². The first-order valence-electron chi connectivity index (χ1n) is 6.87. The lowest BCUT2D eigenvalue weighted by atomic mass is 10.1. The summed E-state index contributed by atoms with van der Waals surface area (Å²) in [5, 5.41) is 2.85. The molecular formula is C17H16N2O2. The second kappa shape index (κ2) is 5.40. The van der Waals surface area contributed by atoms with Crippen molar-refractivity contribution in [1.82, 2.24) is 4.90 Å². The minimum Gasteiger partial charge on any atom is -0.316 e. The fraction of sp³-hybridized carbons (Fsp3) is 0.176. The molecule has 0 bridgehead atoms. The van der Waals surface area contributed by atoms with Gasteiger partial charge in [0.2, 0.25) is 0 Å². The number of urea groups is 1. The number of anilines is 1. The molecule has 0 radical (unpaired) electrons. The topological polar surface area (TPSA) is 49.4 Å². The van der Waals surface area contributed by atoms with Crippen LogP contribution < -0.4 is 5.32 Å². The second-order valence-electron chi connectivity index (χ2n) is 5.19. The molecule has 0 aromatic heterocycles. The minimum absolute atomic E-state index is 0.0142. The van der Waals surface area contributed by atoms with Gasteiger partial charge in [-0.2, -0.15) is 0 Å². The Labute approximate surface area is 123 Å². The first kappa shape index (κ1) is 13.4. The van der Waals surface area contributed by atoms with Crippen molar-refractivity contribution in [3.63, 3.8) is 0 Å². The Kier molecular flexibility index (Phi) is 3.44. The number of nitrogens with zero attached hydrogens (tertiary/aromatic N) is 1. The van der Waals surface area contributed by atoms with Crippen molar-refractivity contribution in [2.75, 3.05) is 5.32 Å². The number of nitrogens with one attached hydrogen (secondary N) is 1. The predicted octanol–water partition coefficient (Wildman–Crippen LogP) is 3.44. The van der Waals surface area contributed by atoms with Gasteiger partial charge in [0.1, 0.15) is 0 Å². The lowest BCUT2D eigenvalue weighted by molar-refractivity contribution is 0.101. The van der Waals surface area contributed by atoms with Gasteiger partial charge in [0.05, 0.1) is 0 Å². The summed E-state index contributed by atoms with van der Waals surface area (Å²) in [6.45, 7) is 2.75. The van der Waals surface area contributed by atoms with E-state index in [2.05, 4.69) is 5.32 Å². The number of carbonyl (C=O) groups excluding carboxylic acids is 2. The Morgan fingerprint density at radius 1 is 1.00 bits per heavy atom. The molecule has 0 aliphatic carbocycles. The van der Waals surface area contributed by atoms with E-state index in [1.54, 1.807) is 29.2 Å². The zero-order chi connectivity index (χ0) is 14.8. The number of hydrogen-bond acceptors (Lipinski definition) is 2. The number of amides is 2. The number of Topliss-reactive ketones (excluding diaryl/α,β-unsaturated/α-hetero) is 1. The van der Waals surface area contributed by atoms with Crippen LogP contribution in [0.4, 0.5) is 10.5 Å². The normalized spacial score (nSPS) is 12.9. The van der Waals surface area contributed by atoms with E-state index in [0.29, 0.717) is 24.3 Å². The van der Waals surface area contributed by atoms with Gasteiger partial charge >= 0.3 is 6.03 Å². The number of fused-ring (bicyclic) bond motifs is 1. The molecule has 0 saturated carbocycles. The summed E-state index contributed by atoms with van der Waals surface area (Å²) in [5.74, 6) is -0.0142. The third-order valence-electron chi connectivity index (χ3n) is 3.65. The molecule has 106 valence electrons. The summed E-state index contributed by atoms with van der Waals surface area (Å²) >= 11 is 0. The Morgan fingerprint density at radius 2 is 1.67 bits per heavy atom. The molecule has 0 unspecified atom stereocenters. The average molecular weight is 280 g/mol. The van der Waals surface area contributed by atoms with Crippen molar-refractivity contribution >= 4 is 17.5 Å². The van der Waals surface area contributed by atoms with E-state index in [1.165, 1.54) is 18.1 Å². The van der Waals surface area contributed by atoms with Crippen molar-refractivity contribution in [3.05, 3.63) is 65.2 Å². The molecule has 2 aromatic carbocycles. The Balaban J connectivity index is 1.71. The lowest BCUT2D eigenvalue weighted by Crippen LogP contribution is -2.30. The molecule has 1 aliphatic heterocycles. The Hall–Kier alpha value is -2.62. The van der Waals surface area contributed by atoms with Gasteiger partial charge in [0.15, 0.2) is 5.78 Å². The van der Waals surface area contributed by atoms with Crippen LogP contribution in [0.5, 0.6) is 0 Å². The van der Waals surface area contributed by atoms with Crippen LogP contribution in [0, 0.1) is 0 Å². The van der Waals surface area contributed by atoms with Crippen molar-refractivity contribution in [2.24, 2.45) is 0 Å². The first-order chi connectivity index (χ1) is 10.1. The maximum absolute atomic E-state index is 12.3. The average Bonchev–Trinajstić information content (AvgIpc) is 2.91. The molecule has 4 nitrogen and oxygen atoms in total. The van der Waals surface area contributed by atoms with Crippen LogP contribution in [-0.2, 0) is 13.1 Å². The van der Waals surface area contributed by atoms with Crippen LogP contribution in [0.3, 0.4) is 0 Å². The van der Waals surface area contributed by atoms with Gasteiger partial charge in [-0.3, -0.25) is 4.79 Å². The monoisotopic (exact) mass is 280 g/mol. The van der Waals surface area contributed by atoms with E-state index in [-0.39, 0.29) is 11.8 Å². The molecule has 1 heterocycles. The Morgan fingerprint density at radius 3 is 2.29 bits per heavy atom. The molecule has 1 aliphatic rings. The minimum atomic E-state index is -0.146. The predicted molar refractivity (Wildman–Crippen MR) is 81.2 cm³/mol. The third kappa shape index (κ3) is 2.79. The lowest BCUT2D eigenvalue weighted by Gasteiger charge is -2.16. The summed E-state index contributed by atoms with van der Waals surface area (Å²) < 4.78 is 0. The van der Waals surface area contributed by atoms with E-state index in [1.807, 2.05) is 24.3 Å². The largest absolute Gasteiger partial charge is 0.322 e. The molecule has 0 fully saturated rings. The number of carbonyl (C=O) groups is 2. The van der Waals surface area contributed by atoms with Crippen LogP contribution in [0.25, 0.3) is 0 Å². The van der Waals surface area contributed by atoms with Crippen molar-refractivity contribution in [3.8, 4) is 0 Å². The zero-order valence-corrected chi connectivity index (χ0v) is 11.8. The van der Waals surface area contributed by atoms with Crippen molar-refractivity contribution in [2.45, 2.75) is 20.0 Å². The number of hydrogen-bond donors (Lipinski definition) is 1. The van der Waals surface area contributed by atoms with Gasteiger partial charge in [-0.1, -0.05) is 36.4 Å². The van der Waals surface area contributed by atoms with E-state index in [4.69, 9.17) is 0 Å². The maximum Gasteiger partial charge on any atom is 0.322 e. The summed E-state index contributed by atoms with van der Waals surface area (Å²) in [6.07, 6.45) is 0. The van der Waals surface area contributed by atoms with Gasteiger partial charge in [-0.05, 0) is 30.2 Å². The SMILES string of the molecule is CC(=O)c1cccc(NC(=O)N2Cc3ccccc3C2)c1. The fourth-order valence-electron chi connectivity index (χ4n) is 2.50. The third-order valence-corrected chi connectivity index (χ3v) is 3.65. The summed E-state index contributed by atoms with van der Waals surface area (Å²) in [6, 6.07) is 14.9. The van der Waals surface area contributed by atoms with Crippen LogP contribution in [0.1, 0.15) is 28.4 Å². The standard InChI is InChI=1S/C17H16N2O2/c1-12(20)13-7-4-8-16(9-13)18-17(21)19-10-14-5-2-3-6-15(14)11-19/h2-9H,10-11H2,1H3,(H,18,21). The first-order valence-corrected chi connectivity index (χ1v) is 6.87. The molecular weight excluding hydrogens is 264 g/mol. The molecule has 4 heteroatoms. The molecule has 2 amide bonds. The van der Waals surface area contributed by atoms with Crippen LogP contribution in [-0.4, -0.2) is 16.7 Å². The van der Waals surface area contributed by atoms with Gasteiger partial charge in [-0.25, -0.2) is 4.79 Å². The molecule has 0 atom stereocenters. The summed E-state index contributed by atoms with van der Waals surface area (Å²) in [4.78, 5) is 25.4. The highest BCUT2D eigenvalue weighted by Crippen LogP contribution is 2.23. The molecule has 3 rings (SSSR count). The molecule has 21 heavy (non-hydrogen) atoms. The van der Waals surface area contributed by atoms with Gasteiger partial charge in [-0.15, -0.1) is 0 Å². The Bertz CT molecular complexity index is 684. The van der Waals surface area contributed by atoms with Crippen LogP contribution in [0.15, 0.2) is 48.5 Å². The quantitative estimate of drug-likeness (QED) is 0.857. The van der Waals surface area contributed by atoms with E-state index in [0.717, 1.165) is 0 Å². The maximum atomic E-state index is 12.3. The molecule has 0 saturated heterocycles. The van der Waals surface area contributed by atoms with Crippen LogP contribution >= 0.6 is 0 Å². The smallest absolute Gasteiger partial charge is 0.316 e. The fourth-order valence-corrected chi connectivity index (χ4v) is 2.50. The number of ketones is 1. The molecule has 0 spiro atoms. The van der Waals surface area contributed by atoms with Gasteiger partial charge in [0, 0.05) is 24.3 Å². The van der Waals surface area contributed by atoms with E-state index in [9.17, 15) is 9.59 Å². The number of rotatable bonds is 2. The highest BCUT2D eigenvalue weighted by molar-refractivity contribution is 5.96. The van der Waals surface area contributed by atoms with Crippen molar-refractivity contribution in [1.29, 1.82) is 0 Å². The van der Waals surface area contributed by atoms with Gasteiger partial charge in [0.25, 0.3) is 0 Å². The van der Waals surface area contributed by atoms with Gasteiger partial charge < -0.3 is 10.2 Å².